The largest absolute Gasteiger partial charge is 0.496 e. The Hall–Kier alpha value is -0.500. The van der Waals surface area contributed by atoms with Gasteiger partial charge in [-0.1, -0.05) is 6.92 Å². The predicted octanol–water partition coefficient (Wildman–Crippen LogP) is 3.21. The normalized spacial score (nSPS) is 19.3. The first-order valence-electron chi connectivity index (χ1n) is 4.81. The zero-order chi connectivity index (χ0) is 10.8. The van der Waals surface area contributed by atoms with Gasteiger partial charge in [0, 0.05) is 18.2 Å². The summed E-state index contributed by atoms with van der Waals surface area (Å²) >= 11 is 5.90. The van der Waals surface area contributed by atoms with Crippen LogP contribution in [0.2, 0.25) is 0 Å². The molecule has 0 fully saturated rings. The van der Waals surface area contributed by atoms with Crippen molar-refractivity contribution in [3.8, 4) is 11.5 Å². The second-order valence-electron chi connectivity index (χ2n) is 3.30. The lowest BCUT2D eigenvalue weighted by Gasteiger charge is -2.23. The first-order chi connectivity index (χ1) is 7.24. The van der Waals surface area contributed by atoms with Crippen molar-refractivity contribution >= 4 is 18.9 Å². The molecule has 0 amide bonds. The molecule has 0 aromatic heterocycles. The fourth-order valence-electron chi connectivity index (χ4n) is 1.61. The summed E-state index contributed by atoms with van der Waals surface area (Å²) in [6, 6.07) is 4.03. The standard InChI is InChI=1S/C10H13ClNO2P/c1-3-7-4-8-6-12-15(11)14-10(8)5-9(7)13-2/h4-5,12H,3,6H2,1-2H3. The average Bonchev–Trinajstić information content (AvgIpc) is 2.27. The van der Waals surface area contributed by atoms with Crippen molar-refractivity contribution in [2.24, 2.45) is 0 Å². The lowest BCUT2D eigenvalue weighted by molar-refractivity contribution is 0.407. The van der Waals surface area contributed by atoms with Gasteiger partial charge in [-0.15, -0.1) is 0 Å². The summed E-state index contributed by atoms with van der Waals surface area (Å²) < 4.78 is 10.8. The molecule has 0 spiro atoms. The van der Waals surface area contributed by atoms with Crippen molar-refractivity contribution in [3.05, 3.63) is 23.3 Å². The monoisotopic (exact) mass is 245 g/mol. The van der Waals surface area contributed by atoms with Gasteiger partial charge in [0.1, 0.15) is 11.5 Å². The van der Waals surface area contributed by atoms with Crippen molar-refractivity contribution in [1.82, 2.24) is 5.09 Å². The smallest absolute Gasteiger partial charge is 0.263 e. The van der Waals surface area contributed by atoms with Crippen LogP contribution in [0, 0.1) is 0 Å². The number of halogens is 1. The number of aryl methyl sites for hydroxylation is 1. The Morgan fingerprint density at radius 2 is 2.40 bits per heavy atom. The van der Waals surface area contributed by atoms with Gasteiger partial charge >= 0.3 is 0 Å². The quantitative estimate of drug-likeness (QED) is 0.812. The third kappa shape index (κ3) is 2.20. The molecular weight excluding hydrogens is 233 g/mol. The number of benzene rings is 1. The molecule has 15 heavy (non-hydrogen) atoms. The van der Waals surface area contributed by atoms with E-state index in [0.717, 1.165) is 30.0 Å². The summed E-state index contributed by atoms with van der Waals surface area (Å²) in [6.07, 6.45) is 0.950. The number of fused-ring (bicyclic) bond motifs is 1. The van der Waals surface area contributed by atoms with E-state index < -0.39 is 7.65 Å². The highest BCUT2D eigenvalue weighted by atomic mass is 35.7. The van der Waals surface area contributed by atoms with Crippen LogP contribution in [0.1, 0.15) is 18.1 Å². The second kappa shape index (κ2) is 4.56. The Kier molecular flexibility index (Phi) is 3.35. The first-order valence-corrected chi connectivity index (χ1v) is 6.98. The Morgan fingerprint density at radius 3 is 3.07 bits per heavy atom. The molecule has 0 saturated heterocycles. The number of methoxy groups -OCH3 is 1. The van der Waals surface area contributed by atoms with Gasteiger partial charge in [0.15, 0.2) is 0 Å². The van der Waals surface area contributed by atoms with E-state index in [-0.39, 0.29) is 0 Å². The molecule has 1 heterocycles. The maximum atomic E-state index is 5.90. The molecule has 1 aliphatic heterocycles. The Morgan fingerprint density at radius 1 is 1.60 bits per heavy atom. The molecule has 1 N–H and O–H groups in total. The predicted molar refractivity (Wildman–Crippen MR) is 62.6 cm³/mol. The minimum Gasteiger partial charge on any atom is -0.496 e. The first kappa shape index (κ1) is 11.0. The van der Waals surface area contributed by atoms with E-state index in [0.29, 0.717) is 0 Å². The number of rotatable bonds is 2. The number of ether oxygens (including phenoxy) is 1. The maximum Gasteiger partial charge on any atom is 0.263 e. The van der Waals surface area contributed by atoms with Gasteiger partial charge in [0.25, 0.3) is 7.65 Å². The highest BCUT2D eigenvalue weighted by Gasteiger charge is 2.19. The third-order valence-corrected chi connectivity index (χ3v) is 3.75. The molecule has 1 aliphatic rings. The molecule has 1 atom stereocenters. The third-order valence-electron chi connectivity index (χ3n) is 2.42. The van der Waals surface area contributed by atoms with E-state index in [9.17, 15) is 0 Å². The minimum atomic E-state index is -1.04. The summed E-state index contributed by atoms with van der Waals surface area (Å²) in [5, 5.41) is 3.09. The molecule has 2 rings (SSSR count). The second-order valence-corrected chi connectivity index (χ2v) is 5.21. The van der Waals surface area contributed by atoms with Crippen LogP contribution in [0.15, 0.2) is 12.1 Å². The van der Waals surface area contributed by atoms with Crippen LogP contribution >= 0.6 is 18.9 Å². The van der Waals surface area contributed by atoms with Gasteiger partial charge < -0.3 is 9.26 Å². The SMILES string of the molecule is CCc1cc2c(cc1OC)OP(Cl)NC2. The van der Waals surface area contributed by atoms with Crippen LogP contribution in [0.25, 0.3) is 0 Å². The number of hydrogen-bond acceptors (Lipinski definition) is 3. The zero-order valence-electron chi connectivity index (χ0n) is 8.71. The van der Waals surface area contributed by atoms with E-state index in [1.54, 1.807) is 7.11 Å². The van der Waals surface area contributed by atoms with E-state index >= 15 is 0 Å². The van der Waals surface area contributed by atoms with Crippen molar-refractivity contribution in [3.63, 3.8) is 0 Å². The average molecular weight is 246 g/mol. The summed E-state index contributed by atoms with van der Waals surface area (Å²) in [4.78, 5) is 0. The molecule has 0 radical (unpaired) electrons. The van der Waals surface area contributed by atoms with Crippen LogP contribution in [0.3, 0.4) is 0 Å². The minimum absolute atomic E-state index is 0.765. The zero-order valence-corrected chi connectivity index (χ0v) is 10.4. The van der Waals surface area contributed by atoms with Crippen LogP contribution in [0.4, 0.5) is 0 Å². The van der Waals surface area contributed by atoms with Crippen LogP contribution in [-0.2, 0) is 13.0 Å². The molecule has 0 aliphatic carbocycles. The lowest BCUT2D eigenvalue weighted by atomic mass is 10.1. The van der Waals surface area contributed by atoms with Crippen LogP contribution in [0.5, 0.6) is 11.5 Å². The van der Waals surface area contributed by atoms with Crippen molar-refractivity contribution in [1.29, 1.82) is 0 Å². The number of nitrogens with one attached hydrogen (secondary N) is 1. The molecule has 5 heteroatoms. The van der Waals surface area contributed by atoms with Gasteiger partial charge in [-0.05, 0) is 29.3 Å². The maximum absolute atomic E-state index is 5.90. The molecule has 1 aromatic carbocycles. The Labute approximate surface area is 95.4 Å². The van der Waals surface area contributed by atoms with E-state index in [1.165, 1.54) is 5.56 Å². The van der Waals surface area contributed by atoms with Gasteiger partial charge in [-0.3, -0.25) is 0 Å². The topological polar surface area (TPSA) is 30.5 Å². The van der Waals surface area contributed by atoms with Gasteiger partial charge in [0.05, 0.1) is 7.11 Å². The Balaban J connectivity index is 2.41. The number of hydrogen-bond donors (Lipinski definition) is 1. The molecule has 82 valence electrons. The summed E-state index contributed by atoms with van der Waals surface area (Å²) in [7, 11) is 0.629. The van der Waals surface area contributed by atoms with E-state index in [1.807, 2.05) is 6.07 Å². The van der Waals surface area contributed by atoms with Crippen molar-refractivity contribution < 1.29 is 9.26 Å². The molecule has 0 saturated carbocycles. The summed E-state index contributed by atoms with van der Waals surface area (Å²) in [5.41, 5.74) is 2.34. The lowest BCUT2D eigenvalue weighted by Crippen LogP contribution is -2.14. The molecule has 0 bridgehead atoms. The highest BCUT2D eigenvalue weighted by molar-refractivity contribution is 7.78. The molecular formula is C10H13ClNO2P. The fourth-order valence-corrected chi connectivity index (χ4v) is 2.72. The molecule has 3 nitrogen and oxygen atoms in total. The van der Waals surface area contributed by atoms with Crippen molar-refractivity contribution in [2.45, 2.75) is 19.9 Å². The van der Waals surface area contributed by atoms with Gasteiger partial charge in [-0.2, -0.15) is 0 Å². The highest BCUT2D eigenvalue weighted by Crippen LogP contribution is 2.46. The fraction of sp³-hybridized carbons (Fsp3) is 0.400. The van der Waals surface area contributed by atoms with Gasteiger partial charge in [-0.25, -0.2) is 5.09 Å². The Bertz CT molecular complexity index is 373. The van der Waals surface area contributed by atoms with Gasteiger partial charge in [0.2, 0.25) is 0 Å². The summed E-state index contributed by atoms with van der Waals surface area (Å²) in [5.74, 6) is 1.71. The van der Waals surface area contributed by atoms with Crippen molar-refractivity contribution in [2.75, 3.05) is 7.11 Å². The molecule has 1 aromatic rings. The summed E-state index contributed by atoms with van der Waals surface area (Å²) in [6.45, 7) is 2.87. The van der Waals surface area contributed by atoms with Crippen LogP contribution < -0.4 is 14.3 Å². The van der Waals surface area contributed by atoms with Crippen LogP contribution in [-0.4, -0.2) is 7.11 Å². The van der Waals surface area contributed by atoms with E-state index in [4.69, 9.17) is 20.5 Å². The van der Waals surface area contributed by atoms with E-state index in [2.05, 4.69) is 18.1 Å². The molecule has 1 unspecified atom stereocenters.